The molecule has 112 valence electrons. The van der Waals surface area contributed by atoms with E-state index in [9.17, 15) is 0 Å². The van der Waals surface area contributed by atoms with Crippen LogP contribution in [-0.4, -0.2) is 24.5 Å². The lowest BCUT2D eigenvalue weighted by molar-refractivity contribution is 0.127. The van der Waals surface area contributed by atoms with Crippen LogP contribution in [0.4, 0.5) is 0 Å². The second-order valence-corrected chi connectivity index (χ2v) is 6.82. The van der Waals surface area contributed by atoms with Crippen LogP contribution in [0, 0.1) is 0 Å². The van der Waals surface area contributed by atoms with E-state index in [-0.39, 0.29) is 0 Å². The third kappa shape index (κ3) is 4.24. The Hall–Kier alpha value is -0.510. The maximum Gasteiger partial charge on any atom is 0.0669 e. The van der Waals surface area contributed by atoms with Crippen molar-refractivity contribution in [1.82, 2.24) is 5.32 Å². The van der Waals surface area contributed by atoms with Crippen molar-refractivity contribution >= 4 is 11.8 Å². The molecule has 1 aromatic rings. The van der Waals surface area contributed by atoms with Gasteiger partial charge in [-0.1, -0.05) is 26.0 Å². The fourth-order valence-corrected chi connectivity index (χ4v) is 3.76. The van der Waals surface area contributed by atoms with Gasteiger partial charge in [0.25, 0.3) is 0 Å². The molecule has 1 aliphatic heterocycles. The first-order valence-electron chi connectivity index (χ1n) is 7.86. The molecule has 1 fully saturated rings. The summed E-state index contributed by atoms with van der Waals surface area (Å²) in [5, 5.41) is 4.22. The van der Waals surface area contributed by atoms with Gasteiger partial charge in [0.1, 0.15) is 0 Å². The number of rotatable bonds is 7. The molecule has 20 heavy (non-hydrogen) atoms. The number of nitrogens with one attached hydrogen (secondary N) is 1. The zero-order valence-electron chi connectivity index (χ0n) is 12.9. The SMILES string of the molecule is CCCNC(CC)c1ccc(SC2CCOC2C)cc1. The highest BCUT2D eigenvalue weighted by Crippen LogP contribution is 2.33. The molecular formula is C17H27NOS. The monoisotopic (exact) mass is 293 g/mol. The average Bonchev–Trinajstić information content (AvgIpc) is 2.87. The molecule has 0 radical (unpaired) electrons. The lowest BCUT2D eigenvalue weighted by atomic mass is 10.0. The van der Waals surface area contributed by atoms with Crippen molar-refractivity contribution in [3.05, 3.63) is 29.8 Å². The molecule has 1 heterocycles. The summed E-state index contributed by atoms with van der Waals surface area (Å²) in [5.74, 6) is 0. The molecular weight excluding hydrogens is 266 g/mol. The van der Waals surface area contributed by atoms with Gasteiger partial charge < -0.3 is 10.1 Å². The number of ether oxygens (including phenoxy) is 1. The lowest BCUT2D eigenvalue weighted by Gasteiger charge is -2.18. The molecule has 2 rings (SSSR count). The average molecular weight is 293 g/mol. The van der Waals surface area contributed by atoms with Crippen LogP contribution >= 0.6 is 11.8 Å². The summed E-state index contributed by atoms with van der Waals surface area (Å²) in [6.45, 7) is 8.64. The molecule has 1 aliphatic rings. The molecule has 0 spiro atoms. The Labute approximate surface area is 127 Å². The van der Waals surface area contributed by atoms with Gasteiger partial charge in [0.2, 0.25) is 0 Å². The topological polar surface area (TPSA) is 21.3 Å². The van der Waals surface area contributed by atoms with E-state index in [1.807, 2.05) is 11.8 Å². The minimum absolute atomic E-state index is 0.384. The quantitative estimate of drug-likeness (QED) is 0.805. The molecule has 0 aromatic heterocycles. The Balaban J connectivity index is 1.94. The van der Waals surface area contributed by atoms with Gasteiger partial charge in [-0.3, -0.25) is 0 Å². The van der Waals surface area contributed by atoms with Crippen LogP contribution in [0.15, 0.2) is 29.2 Å². The second kappa shape index (κ2) is 8.06. The Bertz CT molecular complexity index is 392. The fraction of sp³-hybridized carbons (Fsp3) is 0.647. The summed E-state index contributed by atoms with van der Waals surface area (Å²) >= 11 is 1.96. The first-order chi connectivity index (χ1) is 9.74. The van der Waals surface area contributed by atoms with Crippen molar-refractivity contribution < 1.29 is 4.74 Å². The number of hydrogen-bond acceptors (Lipinski definition) is 3. The van der Waals surface area contributed by atoms with Crippen LogP contribution in [0.5, 0.6) is 0 Å². The lowest BCUT2D eigenvalue weighted by Crippen LogP contribution is -2.21. The van der Waals surface area contributed by atoms with E-state index < -0.39 is 0 Å². The van der Waals surface area contributed by atoms with E-state index in [0.717, 1.165) is 19.6 Å². The second-order valence-electron chi connectivity index (χ2n) is 5.50. The predicted molar refractivity (Wildman–Crippen MR) is 87.4 cm³/mol. The third-order valence-electron chi connectivity index (χ3n) is 3.93. The standard InChI is InChI=1S/C17H27NOS/c1-4-11-18-16(5-2)14-6-8-15(9-7-14)20-17-10-12-19-13(17)3/h6-9,13,16-18H,4-5,10-12H2,1-3H3. The van der Waals surface area contributed by atoms with E-state index in [0.29, 0.717) is 17.4 Å². The van der Waals surface area contributed by atoms with Gasteiger partial charge in [-0.05, 0) is 50.4 Å². The van der Waals surface area contributed by atoms with Gasteiger partial charge in [0.15, 0.2) is 0 Å². The van der Waals surface area contributed by atoms with Crippen molar-refractivity contribution in [3.8, 4) is 0 Å². The van der Waals surface area contributed by atoms with Gasteiger partial charge >= 0.3 is 0 Å². The summed E-state index contributed by atoms with van der Waals surface area (Å²) in [4.78, 5) is 1.36. The molecule has 2 nitrogen and oxygen atoms in total. The van der Waals surface area contributed by atoms with E-state index in [1.54, 1.807) is 0 Å². The number of thioether (sulfide) groups is 1. The van der Waals surface area contributed by atoms with Crippen molar-refractivity contribution in [2.24, 2.45) is 0 Å². The van der Waals surface area contributed by atoms with Crippen LogP contribution in [0.25, 0.3) is 0 Å². The summed E-state index contributed by atoms with van der Waals surface area (Å²) in [6, 6.07) is 9.57. The highest BCUT2D eigenvalue weighted by Gasteiger charge is 2.25. The summed E-state index contributed by atoms with van der Waals surface area (Å²) < 4.78 is 5.63. The summed E-state index contributed by atoms with van der Waals surface area (Å²) in [6.07, 6.45) is 3.88. The number of hydrogen-bond donors (Lipinski definition) is 1. The summed E-state index contributed by atoms with van der Waals surface area (Å²) in [5.41, 5.74) is 1.40. The molecule has 1 N–H and O–H groups in total. The molecule has 0 aliphatic carbocycles. The summed E-state index contributed by atoms with van der Waals surface area (Å²) in [7, 11) is 0. The Kier molecular flexibility index (Phi) is 6.40. The third-order valence-corrected chi connectivity index (χ3v) is 5.39. The molecule has 0 saturated carbocycles. The molecule has 1 saturated heterocycles. The van der Waals surface area contributed by atoms with Crippen LogP contribution in [0.3, 0.4) is 0 Å². The Morgan fingerprint density at radius 3 is 2.60 bits per heavy atom. The van der Waals surface area contributed by atoms with Crippen LogP contribution in [0.2, 0.25) is 0 Å². The first-order valence-corrected chi connectivity index (χ1v) is 8.74. The largest absolute Gasteiger partial charge is 0.377 e. The van der Waals surface area contributed by atoms with Crippen molar-refractivity contribution in [3.63, 3.8) is 0 Å². The van der Waals surface area contributed by atoms with Crippen molar-refractivity contribution in [1.29, 1.82) is 0 Å². The van der Waals surface area contributed by atoms with Gasteiger partial charge in [-0.2, -0.15) is 0 Å². The van der Waals surface area contributed by atoms with E-state index in [4.69, 9.17) is 4.74 Å². The molecule has 1 aromatic carbocycles. The molecule has 0 bridgehead atoms. The molecule has 3 unspecified atom stereocenters. The Morgan fingerprint density at radius 2 is 2.05 bits per heavy atom. The fourth-order valence-electron chi connectivity index (χ4n) is 2.64. The minimum Gasteiger partial charge on any atom is -0.377 e. The van der Waals surface area contributed by atoms with Crippen molar-refractivity contribution in [2.45, 2.75) is 62.3 Å². The molecule has 0 amide bonds. The van der Waals surface area contributed by atoms with Gasteiger partial charge in [-0.25, -0.2) is 0 Å². The minimum atomic E-state index is 0.384. The first kappa shape index (κ1) is 15.9. The molecule has 3 atom stereocenters. The Morgan fingerprint density at radius 1 is 1.30 bits per heavy atom. The van der Waals surface area contributed by atoms with Gasteiger partial charge in [0, 0.05) is 22.8 Å². The normalized spacial score (nSPS) is 23.9. The zero-order valence-corrected chi connectivity index (χ0v) is 13.7. The molecule has 3 heteroatoms. The van der Waals surface area contributed by atoms with Crippen LogP contribution < -0.4 is 5.32 Å². The van der Waals surface area contributed by atoms with Crippen molar-refractivity contribution in [2.75, 3.05) is 13.2 Å². The highest BCUT2D eigenvalue weighted by atomic mass is 32.2. The smallest absolute Gasteiger partial charge is 0.0669 e. The van der Waals surface area contributed by atoms with Gasteiger partial charge in [0.05, 0.1) is 6.10 Å². The van der Waals surface area contributed by atoms with E-state index >= 15 is 0 Å². The highest BCUT2D eigenvalue weighted by molar-refractivity contribution is 8.00. The van der Waals surface area contributed by atoms with E-state index in [2.05, 4.69) is 50.4 Å². The predicted octanol–water partition coefficient (Wildman–Crippen LogP) is 4.41. The maximum absolute atomic E-state index is 5.63. The van der Waals surface area contributed by atoms with E-state index in [1.165, 1.54) is 23.3 Å². The van der Waals surface area contributed by atoms with Crippen LogP contribution in [0.1, 0.15) is 51.6 Å². The van der Waals surface area contributed by atoms with Gasteiger partial charge in [-0.15, -0.1) is 11.8 Å². The number of benzene rings is 1. The van der Waals surface area contributed by atoms with Crippen LogP contribution in [-0.2, 0) is 4.74 Å². The maximum atomic E-state index is 5.63. The zero-order chi connectivity index (χ0) is 14.4.